The minimum Gasteiger partial charge on any atom is -0.458 e. The molecule has 0 unspecified atom stereocenters. The fourth-order valence-corrected chi connectivity index (χ4v) is 3.76. The third kappa shape index (κ3) is 2.06. The fourth-order valence-electron chi connectivity index (χ4n) is 3.76. The van der Waals surface area contributed by atoms with E-state index in [2.05, 4.69) is 4.98 Å². The standard InChI is InChI=1S/C20H15FN2O4/c1-9-3-10-4-11-7-23-16(17(11)22-15(10)6-14(9)21)5-13-12(18(23)24)8-27-19(25)20(13,2)26/h3-6,26H,7-8H2,1-2H3/t20-/m0/s1/i4T. The van der Waals surface area contributed by atoms with E-state index in [1.807, 2.05) is 0 Å². The van der Waals surface area contributed by atoms with Crippen molar-refractivity contribution in [3.8, 4) is 11.4 Å². The molecule has 0 fully saturated rings. The van der Waals surface area contributed by atoms with Crippen molar-refractivity contribution in [1.29, 1.82) is 0 Å². The second-order valence-electron chi connectivity index (χ2n) is 7.14. The van der Waals surface area contributed by atoms with Crippen molar-refractivity contribution in [2.24, 2.45) is 0 Å². The van der Waals surface area contributed by atoms with Gasteiger partial charge in [-0.05, 0) is 37.6 Å². The van der Waals surface area contributed by atoms with Crippen LogP contribution < -0.4 is 5.56 Å². The summed E-state index contributed by atoms with van der Waals surface area (Å²) < 4.78 is 29.0. The molecule has 2 aromatic heterocycles. The Labute approximate surface area is 154 Å². The Bertz CT molecular complexity index is 1300. The lowest BCUT2D eigenvalue weighted by atomic mass is 9.90. The number of aromatic nitrogens is 2. The maximum atomic E-state index is 14.0. The Morgan fingerprint density at radius 3 is 2.93 bits per heavy atom. The normalized spacial score (nSPS) is 20.7. The SMILES string of the molecule is [3H]c1c2c(nc3cc(F)c(C)cc13)-c1cc3c(c(=O)n1C2)COC(=O)[C@@]3(C)O. The molecule has 0 saturated carbocycles. The monoisotopic (exact) mass is 368 g/mol. The number of rotatable bonds is 0. The molecule has 3 aromatic rings. The summed E-state index contributed by atoms with van der Waals surface area (Å²) in [7, 11) is 0. The molecule has 2 aliphatic heterocycles. The topological polar surface area (TPSA) is 81.4 Å². The van der Waals surface area contributed by atoms with Gasteiger partial charge in [-0.15, -0.1) is 0 Å². The average molecular weight is 368 g/mol. The minimum atomic E-state index is -1.95. The Hall–Kier alpha value is -3.06. The molecular weight excluding hydrogens is 351 g/mol. The van der Waals surface area contributed by atoms with Crippen molar-refractivity contribution < 1.29 is 20.4 Å². The number of hydrogen-bond donors (Lipinski definition) is 1. The Morgan fingerprint density at radius 1 is 1.37 bits per heavy atom. The second kappa shape index (κ2) is 5.01. The summed E-state index contributed by atoms with van der Waals surface area (Å²) in [6.45, 7) is 2.83. The highest BCUT2D eigenvalue weighted by molar-refractivity contribution is 5.86. The zero-order chi connectivity index (χ0) is 20.0. The molecule has 0 amide bonds. The van der Waals surface area contributed by atoms with E-state index >= 15 is 0 Å². The molecule has 4 heterocycles. The van der Waals surface area contributed by atoms with E-state index in [0.717, 1.165) is 0 Å². The third-order valence-electron chi connectivity index (χ3n) is 5.31. The van der Waals surface area contributed by atoms with E-state index in [-0.39, 0.29) is 30.3 Å². The maximum absolute atomic E-state index is 14.0. The van der Waals surface area contributed by atoms with Gasteiger partial charge in [0, 0.05) is 22.6 Å². The smallest absolute Gasteiger partial charge is 0.342 e. The van der Waals surface area contributed by atoms with Crippen LogP contribution >= 0.6 is 0 Å². The van der Waals surface area contributed by atoms with Crippen LogP contribution in [-0.2, 0) is 28.3 Å². The molecule has 1 N–H and O–H groups in total. The molecule has 1 atom stereocenters. The predicted octanol–water partition coefficient (Wildman–Crippen LogP) is 2.14. The molecule has 2 aliphatic rings. The van der Waals surface area contributed by atoms with Gasteiger partial charge < -0.3 is 14.4 Å². The molecule has 0 spiro atoms. The molecule has 27 heavy (non-hydrogen) atoms. The molecule has 6 nitrogen and oxygen atoms in total. The van der Waals surface area contributed by atoms with Crippen LogP contribution in [0.15, 0.2) is 29.0 Å². The molecule has 0 aliphatic carbocycles. The van der Waals surface area contributed by atoms with E-state index < -0.39 is 22.9 Å². The number of aliphatic hydroxyl groups is 1. The summed E-state index contributed by atoms with van der Waals surface area (Å²) in [5.74, 6) is -1.25. The van der Waals surface area contributed by atoms with Gasteiger partial charge in [0.15, 0.2) is 5.60 Å². The van der Waals surface area contributed by atoms with Gasteiger partial charge in [-0.2, -0.15) is 0 Å². The number of ether oxygens (including phenoxy) is 1. The molecule has 0 bridgehead atoms. The molecule has 7 heteroatoms. The number of carbonyl (C=O) groups is 1. The largest absolute Gasteiger partial charge is 0.458 e. The van der Waals surface area contributed by atoms with Gasteiger partial charge in [0.2, 0.25) is 0 Å². The summed E-state index contributed by atoms with van der Waals surface area (Å²) in [5, 5.41) is 11.1. The first-order valence-electron chi connectivity index (χ1n) is 8.96. The molecular formula is C20H15FN2O4. The summed E-state index contributed by atoms with van der Waals surface area (Å²) in [4.78, 5) is 29.5. The Morgan fingerprint density at radius 2 is 2.15 bits per heavy atom. The first kappa shape index (κ1) is 15.0. The van der Waals surface area contributed by atoms with Crippen molar-refractivity contribution in [2.75, 3.05) is 0 Å². The van der Waals surface area contributed by atoms with Crippen LogP contribution in [0, 0.1) is 12.7 Å². The van der Waals surface area contributed by atoms with E-state index in [1.165, 1.54) is 17.6 Å². The zero-order valence-electron chi connectivity index (χ0n) is 15.6. The highest BCUT2D eigenvalue weighted by atomic mass is 19.1. The number of nitrogens with zero attached hydrogens (tertiary/aromatic N) is 2. The molecule has 1 aromatic carbocycles. The van der Waals surface area contributed by atoms with Crippen LogP contribution in [0.4, 0.5) is 4.39 Å². The number of carbonyl (C=O) groups excluding carboxylic acids is 1. The van der Waals surface area contributed by atoms with Crippen LogP contribution in [0.25, 0.3) is 22.3 Å². The van der Waals surface area contributed by atoms with Crippen molar-refractivity contribution in [2.45, 2.75) is 32.6 Å². The van der Waals surface area contributed by atoms with Crippen molar-refractivity contribution in [1.82, 2.24) is 9.55 Å². The number of esters is 1. The first-order valence-corrected chi connectivity index (χ1v) is 8.46. The van der Waals surface area contributed by atoms with Crippen LogP contribution in [0.3, 0.4) is 0 Å². The highest BCUT2D eigenvalue weighted by Gasteiger charge is 2.42. The lowest BCUT2D eigenvalue weighted by Crippen LogP contribution is -2.42. The number of halogens is 1. The van der Waals surface area contributed by atoms with Crippen LogP contribution in [-0.4, -0.2) is 20.6 Å². The highest BCUT2D eigenvalue weighted by Crippen LogP contribution is 2.37. The maximum Gasteiger partial charge on any atom is 0.342 e. The molecule has 136 valence electrons. The first-order chi connectivity index (χ1) is 13.2. The van der Waals surface area contributed by atoms with Gasteiger partial charge in [-0.1, -0.05) is 0 Å². The Balaban J connectivity index is 1.84. The molecule has 0 radical (unpaired) electrons. The van der Waals surface area contributed by atoms with E-state index in [9.17, 15) is 19.1 Å². The van der Waals surface area contributed by atoms with Crippen molar-refractivity contribution >= 4 is 16.9 Å². The van der Waals surface area contributed by atoms with Gasteiger partial charge in [-0.3, -0.25) is 4.79 Å². The number of hydrogen-bond acceptors (Lipinski definition) is 5. The number of aryl methyl sites for hydroxylation is 1. The zero-order valence-corrected chi connectivity index (χ0v) is 14.6. The number of benzene rings is 1. The molecule has 0 saturated heterocycles. The lowest BCUT2D eigenvalue weighted by molar-refractivity contribution is -0.169. The average Bonchev–Trinajstić information content (AvgIpc) is 3.01. The van der Waals surface area contributed by atoms with Gasteiger partial charge in [0.05, 0.1) is 30.4 Å². The van der Waals surface area contributed by atoms with Crippen LogP contribution in [0.1, 0.15) is 30.5 Å². The fraction of sp³-hybridized carbons (Fsp3) is 0.250. The summed E-state index contributed by atoms with van der Waals surface area (Å²) in [6.07, 6.45) is 0. The Kier molecular flexibility index (Phi) is 2.79. The van der Waals surface area contributed by atoms with Gasteiger partial charge in [-0.25, -0.2) is 14.2 Å². The van der Waals surface area contributed by atoms with Crippen molar-refractivity contribution in [3.63, 3.8) is 0 Å². The van der Waals surface area contributed by atoms with E-state index in [0.29, 0.717) is 33.4 Å². The van der Waals surface area contributed by atoms with Crippen LogP contribution in [0.2, 0.25) is 0 Å². The van der Waals surface area contributed by atoms with E-state index in [1.54, 1.807) is 19.1 Å². The summed E-state index contributed by atoms with van der Waals surface area (Å²) in [6, 6.07) is 4.58. The quantitative estimate of drug-likeness (QED) is 0.481. The number of pyridine rings is 2. The minimum absolute atomic E-state index is 0.144. The van der Waals surface area contributed by atoms with Gasteiger partial charge >= 0.3 is 5.97 Å². The van der Waals surface area contributed by atoms with Crippen molar-refractivity contribution in [3.05, 3.63) is 62.7 Å². The number of cyclic esters (lactones) is 1. The molecule has 5 rings (SSSR count). The predicted molar refractivity (Wildman–Crippen MR) is 94.6 cm³/mol. The lowest BCUT2D eigenvalue weighted by Gasteiger charge is -2.29. The summed E-state index contributed by atoms with van der Waals surface area (Å²) in [5.41, 5.74) is 0.0914. The van der Waals surface area contributed by atoms with Gasteiger partial charge in [0.1, 0.15) is 12.4 Å². The summed E-state index contributed by atoms with van der Waals surface area (Å²) >= 11 is 0. The van der Waals surface area contributed by atoms with E-state index in [4.69, 9.17) is 6.11 Å². The second-order valence-corrected chi connectivity index (χ2v) is 7.14. The van der Waals surface area contributed by atoms with Crippen LogP contribution in [0.5, 0.6) is 0 Å². The van der Waals surface area contributed by atoms with Gasteiger partial charge in [0.25, 0.3) is 5.56 Å². The third-order valence-corrected chi connectivity index (χ3v) is 5.31. The number of fused-ring (bicyclic) bond motifs is 5.